The summed E-state index contributed by atoms with van der Waals surface area (Å²) in [5.41, 5.74) is 0. The van der Waals surface area contributed by atoms with Crippen LogP contribution in [0.2, 0.25) is 0 Å². The number of hydrogen-bond donors (Lipinski definition) is 2. The fourth-order valence-corrected chi connectivity index (χ4v) is 4.47. The van der Waals surface area contributed by atoms with E-state index >= 15 is 0 Å². The highest BCUT2D eigenvalue weighted by Gasteiger charge is 2.23. The molecule has 0 aromatic heterocycles. The number of ether oxygens (including phenoxy) is 2. The van der Waals surface area contributed by atoms with Crippen LogP contribution in [0.15, 0.2) is 0 Å². The number of rotatable bonds is 27. The third-order valence-electron chi connectivity index (χ3n) is 5.68. The predicted octanol–water partition coefficient (Wildman–Crippen LogP) is 7.02. The molecule has 0 aliphatic rings. The standard InChI is InChI=1S/C26H56NO6P/c1-5-7-8-9-10-11-12-13-14-15-16-17-18-19-21-30-23-26(31-6-2)24-33-34(28,29)32-22-20-27-25(3)4/h25-27H,5-24H2,1-4H3,(H,28,29)/t26-/m1/s1. The Hall–Kier alpha value is -0.0100. The minimum atomic E-state index is -4.08. The van der Waals surface area contributed by atoms with Gasteiger partial charge in [0.2, 0.25) is 0 Å². The molecule has 0 spiro atoms. The van der Waals surface area contributed by atoms with E-state index in [1.165, 1.54) is 83.5 Å². The number of phosphoric ester groups is 1. The Morgan fingerprint density at radius 3 is 1.76 bits per heavy atom. The molecular weight excluding hydrogens is 453 g/mol. The van der Waals surface area contributed by atoms with Crippen molar-refractivity contribution in [2.75, 3.05) is 39.6 Å². The average Bonchev–Trinajstić information content (AvgIpc) is 2.80. The zero-order chi connectivity index (χ0) is 25.3. The smallest absolute Gasteiger partial charge is 0.379 e. The van der Waals surface area contributed by atoms with Gasteiger partial charge in [0.05, 0.1) is 19.8 Å². The predicted molar refractivity (Wildman–Crippen MR) is 141 cm³/mol. The summed E-state index contributed by atoms with van der Waals surface area (Å²) in [5.74, 6) is 0. The van der Waals surface area contributed by atoms with Crippen molar-refractivity contribution in [3.63, 3.8) is 0 Å². The zero-order valence-electron chi connectivity index (χ0n) is 22.7. The Labute approximate surface area is 210 Å². The van der Waals surface area contributed by atoms with Crippen molar-refractivity contribution in [1.29, 1.82) is 0 Å². The number of unbranched alkanes of at least 4 members (excludes halogenated alkanes) is 13. The van der Waals surface area contributed by atoms with Gasteiger partial charge in [-0.25, -0.2) is 4.57 Å². The van der Waals surface area contributed by atoms with Gasteiger partial charge in [0, 0.05) is 25.8 Å². The first-order chi connectivity index (χ1) is 16.4. The number of nitrogens with one attached hydrogen (secondary N) is 1. The quantitative estimate of drug-likeness (QED) is 0.0909. The van der Waals surface area contributed by atoms with Crippen molar-refractivity contribution in [2.24, 2.45) is 0 Å². The Morgan fingerprint density at radius 2 is 1.26 bits per heavy atom. The summed E-state index contributed by atoms with van der Waals surface area (Å²) in [5, 5.41) is 3.12. The lowest BCUT2D eigenvalue weighted by Gasteiger charge is -2.19. The molecule has 0 bridgehead atoms. The minimum Gasteiger partial charge on any atom is -0.379 e. The monoisotopic (exact) mass is 509 g/mol. The molecular formula is C26H56NO6P. The van der Waals surface area contributed by atoms with Crippen LogP contribution >= 0.6 is 7.82 Å². The van der Waals surface area contributed by atoms with Crippen molar-refractivity contribution in [1.82, 2.24) is 5.32 Å². The molecule has 2 N–H and O–H groups in total. The average molecular weight is 510 g/mol. The summed E-state index contributed by atoms with van der Waals surface area (Å²) in [7, 11) is -4.08. The first-order valence-corrected chi connectivity index (χ1v) is 15.4. The lowest BCUT2D eigenvalue weighted by molar-refractivity contribution is -0.0392. The van der Waals surface area contributed by atoms with Crippen LogP contribution in [0.25, 0.3) is 0 Å². The third kappa shape index (κ3) is 25.1. The summed E-state index contributed by atoms with van der Waals surface area (Å²) in [6.45, 7) is 10.2. The molecule has 0 aliphatic heterocycles. The lowest BCUT2D eigenvalue weighted by Crippen LogP contribution is -2.27. The first kappa shape index (κ1) is 34.0. The van der Waals surface area contributed by atoms with E-state index in [1.54, 1.807) is 0 Å². The minimum absolute atomic E-state index is 0.0298. The van der Waals surface area contributed by atoms with Crippen molar-refractivity contribution in [3.8, 4) is 0 Å². The Morgan fingerprint density at radius 1 is 0.735 bits per heavy atom. The maximum absolute atomic E-state index is 12.0. The van der Waals surface area contributed by atoms with Gasteiger partial charge in [-0.2, -0.15) is 0 Å². The van der Waals surface area contributed by atoms with Gasteiger partial charge >= 0.3 is 7.82 Å². The largest absolute Gasteiger partial charge is 0.472 e. The molecule has 0 rings (SSSR count). The van der Waals surface area contributed by atoms with Crippen LogP contribution in [0.1, 0.15) is 118 Å². The molecule has 1 unspecified atom stereocenters. The van der Waals surface area contributed by atoms with Gasteiger partial charge in [-0.05, 0) is 13.3 Å². The topological polar surface area (TPSA) is 86.3 Å². The molecule has 34 heavy (non-hydrogen) atoms. The van der Waals surface area contributed by atoms with Crippen LogP contribution in [0.3, 0.4) is 0 Å². The molecule has 0 saturated heterocycles. The van der Waals surface area contributed by atoms with Crippen molar-refractivity contribution in [3.05, 3.63) is 0 Å². The van der Waals surface area contributed by atoms with Crippen molar-refractivity contribution in [2.45, 2.75) is 130 Å². The van der Waals surface area contributed by atoms with E-state index in [0.29, 0.717) is 32.4 Å². The summed E-state index contributed by atoms with van der Waals surface area (Å²) in [4.78, 5) is 9.80. The molecule has 7 nitrogen and oxygen atoms in total. The Bertz CT molecular complexity index is 467. The Balaban J connectivity index is 3.61. The van der Waals surface area contributed by atoms with Gasteiger partial charge in [-0.15, -0.1) is 0 Å². The molecule has 0 fully saturated rings. The fourth-order valence-electron chi connectivity index (χ4n) is 3.72. The van der Waals surface area contributed by atoms with E-state index in [1.807, 2.05) is 20.8 Å². The lowest BCUT2D eigenvalue weighted by atomic mass is 10.0. The van der Waals surface area contributed by atoms with E-state index in [9.17, 15) is 9.46 Å². The van der Waals surface area contributed by atoms with E-state index in [2.05, 4.69) is 12.2 Å². The van der Waals surface area contributed by atoms with E-state index in [0.717, 1.165) is 6.42 Å². The molecule has 206 valence electrons. The SMILES string of the molecule is CCCCCCCCCCCCCCCCOC[C@H](COP(=O)(O)OCCNC(C)C)OCC. The molecule has 0 aromatic carbocycles. The van der Waals surface area contributed by atoms with Gasteiger partial charge in [-0.1, -0.05) is 104 Å². The van der Waals surface area contributed by atoms with Crippen LogP contribution in [0.5, 0.6) is 0 Å². The summed E-state index contributed by atoms with van der Waals surface area (Å²) in [6, 6.07) is 0.293. The van der Waals surface area contributed by atoms with Gasteiger partial charge in [0.15, 0.2) is 0 Å². The van der Waals surface area contributed by atoms with E-state index in [-0.39, 0.29) is 19.3 Å². The highest BCUT2D eigenvalue weighted by atomic mass is 31.2. The van der Waals surface area contributed by atoms with Gasteiger partial charge in [-0.3, -0.25) is 9.05 Å². The molecule has 8 heteroatoms. The maximum Gasteiger partial charge on any atom is 0.472 e. The first-order valence-electron chi connectivity index (χ1n) is 14.0. The summed E-state index contributed by atoms with van der Waals surface area (Å²) >= 11 is 0. The maximum atomic E-state index is 12.0. The molecule has 0 aliphatic carbocycles. The normalized spacial score (nSPS) is 14.5. The second kappa shape index (κ2) is 24.7. The van der Waals surface area contributed by atoms with Gasteiger partial charge in [0.25, 0.3) is 0 Å². The van der Waals surface area contributed by atoms with Gasteiger partial charge in [0.1, 0.15) is 6.10 Å². The van der Waals surface area contributed by atoms with E-state index in [4.69, 9.17) is 18.5 Å². The molecule has 0 aromatic rings. The Kier molecular flexibility index (Phi) is 24.7. The second-order valence-electron chi connectivity index (χ2n) is 9.45. The van der Waals surface area contributed by atoms with Crippen LogP contribution in [0, 0.1) is 0 Å². The highest BCUT2D eigenvalue weighted by Crippen LogP contribution is 2.43. The highest BCUT2D eigenvalue weighted by molar-refractivity contribution is 7.47. The second-order valence-corrected chi connectivity index (χ2v) is 10.9. The molecule has 2 atom stereocenters. The van der Waals surface area contributed by atoms with Crippen LogP contribution < -0.4 is 5.32 Å². The van der Waals surface area contributed by atoms with Crippen LogP contribution in [0.4, 0.5) is 0 Å². The summed E-state index contributed by atoms with van der Waals surface area (Å²) in [6.07, 6.45) is 18.3. The molecule has 0 heterocycles. The number of phosphoric acid groups is 1. The molecule has 0 radical (unpaired) electrons. The van der Waals surface area contributed by atoms with Gasteiger partial charge < -0.3 is 19.7 Å². The van der Waals surface area contributed by atoms with Crippen LogP contribution in [-0.2, 0) is 23.1 Å². The fraction of sp³-hybridized carbons (Fsp3) is 1.00. The van der Waals surface area contributed by atoms with Crippen LogP contribution in [-0.4, -0.2) is 56.6 Å². The number of hydrogen-bond acceptors (Lipinski definition) is 6. The third-order valence-corrected chi connectivity index (χ3v) is 6.67. The molecule has 0 amide bonds. The zero-order valence-corrected chi connectivity index (χ0v) is 23.6. The van der Waals surface area contributed by atoms with Crippen molar-refractivity contribution >= 4 is 7.82 Å². The molecule has 0 saturated carbocycles. The van der Waals surface area contributed by atoms with Crippen molar-refractivity contribution < 1.29 is 28.0 Å². The summed E-state index contributed by atoms with van der Waals surface area (Å²) < 4.78 is 33.3. The van der Waals surface area contributed by atoms with E-state index < -0.39 is 7.82 Å².